The summed E-state index contributed by atoms with van der Waals surface area (Å²) >= 11 is 0.723. The number of carbonyl (C=O) groups excluding carboxylic acids is 1. The molecule has 3 atom stereocenters. The summed E-state index contributed by atoms with van der Waals surface area (Å²) in [7, 11) is 0. The van der Waals surface area contributed by atoms with Gasteiger partial charge >= 0.3 is 0 Å². The van der Waals surface area contributed by atoms with Crippen molar-refractivity contribution in [1.82, 2.24) is 15.0 Å². The van der Waals surface area contributed by atoms with Gasteiger partial charge in [-0.2, -0.15) is 0 Å². The highest BCUT2D eigenvalue weighted by atomic mass is 32.2. The third-order valence-corrected chi connectivity index (χ3v) is 5.26. The maximum Gasteiger partial charge on any atom is 0.277 e. The Kier molecular flexibility index (Phi) is 6.39. The van der Waals surface area contributed by atoms with Crippen LogP contribution in [0.25, 0.3) is 0 Å². The summed E-state index contributed by atoms with van der Waals surface area (Å²) in [6.07, 6.45) is 0.168. The molecule has 2 aromatic rings. The first-order chi connectivity index (χ1) is 14.3. The van der Waals surface area contributed by atoms with Gasteiger partial charge < -0.3 is 15.8 Å². The highest BCUT2D eigenvalue weighted by molar-refractivity contribution is 8.14. The molecular weight excluding hydrogens is 428 g/mol. The van der Waals surface area contributed by atoms with Gasteiger partial charge in [-0.1, -0.05) is 11.8 Å². The van der Waals surface area contributed by atoms with E-state index in [4.69, 9.17) is 5.73 Å². The topological polar surface area (TPSA) is 115 Å². The number of hydrogen-bond acceptors (Lipinski definition) is 8. The third-order valence-electron chi connectivity index (χ3n) is 4.26. The molecule has 30 heavy (non-hydrogen) atoms. The number of nitrogens with two attached hydrogens (primary N) is 1. The van der Waals surface area contributed by atoms with Crippen molar-refractivity contribution >= 4 is 28.7 Å². The summed E-state index contributed by atoms with van der Waals surface area (Å²) in [5.74, 6) is -1.90. The Morgan fingerprint density at radius 2 is 2.10 bits per heavy atom. The van der Waals surface area contributed by atoms with Crippen molar-refractivity contribution in [2.24, 2.45) is 10.7 Å². The van der Waals surface area contributed by atoms with E-state index in [0.717, 1.165) is 36.3 Å². The number of amides is 1. The van der Waals surface area contributed by atoms with E-state index in [1.165, 1.54) is 6.92 Å². The van der Waals surface area contributed by atoms with Gasteiger partial charge in [-0.25, -0.2) is 37.5 Å². The third kappa shape index (κ3) is 4.30. The molecular formula is C17H16F4N6O2S. The molecule has 13 heteroatoms. The summed E-state index contributed by atoms with van der Waals surface area (Å²) in [4.78, 5) is 27.7. The molecule has 0 saturated heterocycles. The van der Waals surface area contributed by atoms with Crippen LogP contribution in [-0.4, -0.2) is 51.0 Å². The number of thioether (sulfide) groups is 1. The Labute approximate surface area is 172 Å². The summed E-state index contributed by atoms with van der Waals surface area (Å²) in [5.41, 5.74) is 3.19. The number of pyridine rings is 1. The lowest BCUT2D eigenvalue weighted by Gasteiger charge is -2.36. The second-order valence-corrected chi connectivity index (χ2v) is 7.54. The van der Waals surface area contributed by atoms with Gasteiger partial charge in [0, 0.05) is 0 Å². The molecule has 3 heterocycles. The molecule has 1 aliphatic heterocycles. The second-order valence-electron chi connectivity index (χ2n) is 6.28. The molecule has 0 fully saturated rings. The fraction of sp³-hybridized carbons (Fsp3) is 0.353. The number of carbonyl (C=O) groups is 1. The number of rotatable bonds is 6. The monoisotopic (exact) mass is 444 g/mol. The highest BCUT2D eigenvalue weighted by Gasteiger charge is 2.48. The number of anilines is 1. The minimum atomic E-state index is -1.92. The van der Waals surface area contributed by atoms with Crippen molar-refractivity contribution in [3.8, 4) is 5.88 Å². The van der Waals surface area contributed by atoms with Gasteiger partial charge in [0.2, 0.25) is 12.7 Å². The lowest BCUT2D eigenvalue weighted by atomic mass is 9.89. The van der Waals surface area contributed by atoms with Crippen LogP contribution in [0.4, 0.5) is 23.4 Å². The van der Waals surface area contributed by atoms with Crippen LogP contribution < -0.4 is 15.8 Å². The Bertz CT molecular complexity index is 964. The van der Waals surface area contributed by atoms with Gasteiger partial charge in [0.25, 0.3) is 5.91 Å². The van der Waals surface area contributed by atoms with Crippen molar-refractivity contribution < 1.29 is 27.1 Å². The molecule has 8 nitrogen and oxygen atoms in total. The molecule has 0 radical (unpaired) electrons. The number of hydrogen-bond donors (Lipinski definition) is 2. The van der Waals surface area contributed by atoms with Crippen LogP contribution in [0.1, 0.15) is 23.1 Å². The summed E-state index contributed by atoms with van der Waals surface area (Å²) in [6.45, 7) is -0.888. The quantitative estimate of drug-likeness (QED) is 0.658. The van der Waals surface area contributed by atoms with Crippen molar-refractivity contribution in [2.75, 3.05) is 18.9 Å². The van der Waals surface area contributed by atoms with Gasteiger partial charge in [-0.3, -0.25) is 4.79 Å². The number of ether oxygens (including phenoxy) is 1. The van der Waals surface area contributed by atoms with Gasteiger partial charge in [0.15, 0.2) is 5.17 Å². The molecule has 2 aromatic heterocycles. The summed E-state index contributed by atoms with van der Waals surface area (Å²) < 4.78 is 59.2. The Hall–Kier alpha value is -2.96. The maximum atomic E-state index is 14.9. The van der Waals surface area contributed by atoms with Gasteiger partial charge in [-0.05, 0) is 19.1 Å². The molecule has 1 aliphatic rings. The van der Waals surface area contributed by atoms with E-state index in [9.17, 15) is 22.4 Å². The molecule has 160 valence electrons. The molecule has 0 aliphatic carbocycles. The fourth-order valence-electron chi connectivity index (χ4n) is 2.80. The predicted molar refractivity (Wildman–Crippen MR) is 102 cm³/mol. The van der Waals surface area contributed by atoms with Crippen molar-refractivity contribution in [3.05, 3.63) is 41.7 Å². The number of aliphatic imine (C=N–C) groups is 1. The number of aromatic nitrogens is 3. The standard InChI is InChI=1S/C17H16F4N6O2S/c1-17(13(21)10(4-18)30-16(22)27-17)14-8(20)2-3-11(25-14)26-15(28)9-5-24-12(6-23-9)29-7-19/h2-3,5-6,10,13H,4,7H2,1H3,(H2,22,27)(H,25,26,28)/t10-,13+,17+/m1/s1. The fourth-order valence-corrected chi connectivity index (χ4v) is 3.80. The van der Waals surface area contributed by atoms with E-state index in [0.29, 0.717) is 0 Å². The van der Waals surface area contributed by atoms with E-state index in [1.807, 2.05) is 0 Å². The Balaban J connectivity index is 1.88. The van der Waals surface area contributed by atoms with Crippen LogP contribution in [0.2, 0.25) is 0 Å². The Morgan fingerprint density at radius 1 is 1.33 bits per heavy atom. The minimum absolute atomic E-state index is 0.101. The van der Waals surface area contributed by atoms with E-state index >= 15 is 0 Å². The number of nitrogens with zero attached hydrogens (tertiary/aromatic N) is 4. The van der Waals surface area contributed by atoms with Crippen LogP contribution in [0.3, 0.4) is 0 Å². The lowest BCUT2D eigenvalue weighted by molar-refractivity contribution is 0.102. The van der Waals surface area contributed by atoms with Crippen LogP contribution >= 0.6 is 11.8 Å². The first kappa shape index (κ1) is 21.7. The van der Waals surface area contributed by atoms with Gasteiger partial charge in [0.05, 0.1) is 17.6 Å². The number of amidine groups is 1. The zero-order valence-electron chi connectivity index (χ0n) is 15.5. The van der Waals surface area contributed by atoms with E-state index in [1.54, 1.807) is 0 Å². The summed E-state index contributed by atoms with van der Waals surface area (Å²) in [6, 6.07) is 2.12. The Morgan fingerprint density at radius 3 is 2.73 bits per heavy atom. The van der Waals surface area contributed by atoms with Crippen LogP contribution in [-0.2, 0) is 5.54 Å². The van der Waals surface area contributed by atoms with Crippen LogP contribution in [0, 0.1) is 5.82 Å². The normalized spacial score (nSPS) is 23.6. The number of halogens is 4. The van der Waals surface area contributed by atoms with E-state index < -0.39 is 47.9 Å². The van der Waals surface area contributed by atoms with E-state index in [2.05, 4.69) is 30.0 Å². The average molecular weight is 444 g/mol. The van der Waals surface area contributed by atoms with Gasteiger partial charge in [-0.15, -0.1) is 0 Å². The molecule has 3 rings (SSSR count). The van der Waals surface area contributed by atoms with Crippen LogP contribution in [0.5, 0.6) is 5.88 Å². The number of alkyl halides is 3. The number of nitrogens with one attached hydrogen (secondary N) is 1. The predicted octanol–water partition coefficient (Wildman–Crippen LogP) is 2.52. The first-order valence-electron chi connectivity index (χ1n) is 8.49. The SMILES string of the molecule is C[C@]1(c2nc(NC(=O)c3cnc(OCF)cn3)ccc2F)N=C(N)S[C@H](CF)[C@@H]1F. The van der Waals surface area contributed by atoms with Crippen molar-refractivity contribution in [3.63, 3.8) is 0 Å². The smallest absolute Gasteiger partial charge is 0.277 e. The summed E-state index contributed by atoms with van der Waals surface area (Å²) in [5, 5.41) is 1.09. The second kappa shape index (κ2) is 8.81. The highest BCUT2D eigenvalue weighted by Crippen LogP contribution is 2.41. The molecule has 0 unspecified atom stereocenters. The van der Waals surface area contributed by atoms with Crippen molar-refractivity contribution in [1.29, 1.82) is 0 Å². The van der Waals surface area contributed by atoms with Crippen molar-refractivity contribution in [2.45, 2.75) is 23.9 Å². The molecule has 0 aromatic carbocycles. The molecule has 1 amide bonds. The molecule has 3 N–H and O–H groups in total. The average Bonchev–Trinajstić information content (AvgIpc) is 2.72. The first-order valence-corrected chi connectivity index (χ1v) is 9.37. The van der Waals surface area contributed by atoms with Gasteiger partial charge in [0.1, 0.15) is 41.4 Å². The van der Waals surface area contributed by atoms with E-state index in [-0.39, 0.29) is 22.6 Å². The maximum absolute atomic E-state index is 14.9. The molecule has 0 spiro atoms. The lowest BCUT2D eigenvalue weighted by Crippen LogP contribution is -2.46. The zero-order chi connectivity index (χ0) is 21.9. The molecule has 0 bridgehead atoms. The molecule has 0 saturated carbocycles. The minimum Gasteiger partial charge on any atom is -0.445 e. The largest absolute Gasteiger partial charge is 0.445 e. The van der Waals surface area contributed by atoms with Crippen LogP contribution in [0.15, 0.2) is 29.5 Å². The zero-order valence-corrected chi connectivity index (χ0v) is 16.3.